The zero-order chi connectivity index (χ0) is 15.0. The summed E-state index contributed by atoms with van der Waals surface area (Å²) in [6.07, 6.45) is 2.88. The average molecular weight is 292 g/mol. The van der Waals surface area contributed by atoms with Gasteiger partial charge in [0.15, 0.2) is 0 Å². The second-order valence-corrected chi connectivity index (χ2v) is 5.73. The molecular formula is C15H17FN2O3. The molecule has 1 aromatic carbocycles. The summed E-state index contributed by atoms with van der Waals surface area (Å²) in [6, 6.07) is 4.24. The zero-order valence-electron chi connectivity index (χ0n) is 11.5. The van der Waals surface area contributed by atoms with Crippen molar-refractivity contribution < 1.29 is 19.1 Å². The summed E-state index contributed by atoms with van der Waals surface area (Å²) >= 11 is 0. The van der Waals surface area contributed by atoms with Gasteiger partial charge in [-0.15, -0.1) is 0 Å². The smallest absolute Gasteiger partial charge is 0.326 e. The molecule has 1 saturated heterocycles. The van der Waals surface area contributed by atoms with Gasteiger partial charge < -0.3 is 15.3 Å². The summed E-state index contributed by atoms with van der Waals surface area (Å²) in [5.74, 6) is -0.989. The molecule has 5 nitrogen and oxygen atoms in total. The highest BCUT2D eigenvalue weighted by molar-refractivity contribution is 5.92. The number of urea groups is 1. The number of nitrogens with one attached hydrogen (secondary N) is 1. The maximum Gasteiger partial charge on any atom is 0.326 e. The number of rotatable bonds is 2. The van der Waals surface area contributed by atoms with Crippen molar-refractivity contribution >= 4 is 17.7 Å². The number of nitrogens with zero attached hydrogens (tertiary/aromatic N) is 1. The molecule has 0 spiro atoms. The summed E-state index contributed by atoms with van der Waals surface area (Å²) in [7, 11) is 0. The molecule has 2 N–H and O–H groups in total. The van der Waals surface area contributed by atoms with Crippen LogP contribution in [0.1, 0.15) is 19.3 Å². The highest BCUT2D eigenvalue weighted by Gasteiger charge is 2.49. The second-order valence-electron chi connectivity index (χ2n) is 5.73. The number of carboxylic acids is 1. The van der Waals surface area contributed by atoms with Gasteiger partial charge in [0, 0.05) is 12.2 Å². The van der Waals surface area contributed by atoms with E-state index in [-0.39, 0.29) is 17.7 Å². The minimum Gasteiger partial charge on any atom is -0.480 e. The molecule has 112 valence electrons. The molecule has 1 saturated carbocycles. The van der Waals surface area contributed by atoms with E-state index in [0.717, 1.165) is 19.3 Å². The Morgan fingerprint density at radius 1 is 1.24 bits per heavy atom. The summed E-state index contributed by atoms with van der Waals surface area (Å²) in [5, 5.41) is 12.1. The third-order valence-electron chi connectivity index (χ3n) is 4.50. The Kier molecular flexibility index (Phi) is 3.53. The molecule has 2 amide bonds. The summed E-state index contributed by atoms with van der Waals surface area (Å²) in [4.78, 5) is 25.2. The molecule has 3 atom stereocenters. The molecule has 1 aromatic rings. The van der Waals surface area contributed by atoms with Crippen molar-refractivity contribution in [1.82, 2.24) is 4.90 Å². The normalized spacial score (nSPS) is 27.5. The molecule has 0 aromatic heterocycles. The maximum atomic E-state index is 12.8. The fraction of sp³-hybridized carbons (Fsp3) is 0.467. The Morgan fingerprint density at radius 3 is 2.62 bits per heavy atom. The number of likely N-dealkylation sites (tertiary alicyclic amines) is 1. The van der Waals surface area contributed by atoms with Gasteiger partial charge in [-0.1, -0.05) is 6.42 Å². The van der Waals surface area contributed by atoms with Gasteiger partial charge in [0.05, 0.1) is 0 Å². The monoisotopic (exact) mass is 292 g/mol. The molecule has 2 aliphatic rings. The van der Waals surface area contributed by atoms with Crippen molar-refractivity contribution in [3.63, 3.8) is 0 Å². The van der Waals surface area contributed by atoms with Crippen LogP contribution in [0.4, 0.5) is 14.9 Å². The first-order chi connectivity index (χ1) is 10.1. The predicted molar refractivity (Wildman–Crippen MR) is 74.4 cm³/mol. The van der Waals surface area contributed by atoms with Gasteiger partial charge in [-0.05, 0) is 48.9 Å². The largest absolute Gasteiger partial charge is 0.480 e. The van der Waals surface area contributed by atoms with Crippen molar-refractivity contribution in [1.29, 1.82) is 0 Å². The molecule has 1 heterocycles. The van der Waals surface area contributed by atoms with Crippen LogP contribution in [0.25, 0.3) is 0 Å². The van der Waals surface area contributed by atoms with Crippen molar-refractivity contribution in [3.05, 3.63) is 30.1 Å². The highest BCUT2D eigenvalue weighted by Crippen LogP contribution is 2.42. The number of aliphatic carboxylic acids is 1. The molecule has 3 rings (SSSR count). The van der Waals surface area contributed by atoms with Crippen LogP contribution in [0, 0.1) is 17.7 Å². The molecule has 6 heteroatoms. The van der Waals surface area contributed by atoms with Crippen molar-refractivity contribution in [2.75, 3.05) is 11.9 Å². The van der Waals surface area contributed by atoms with Gasteiger partial charge in [0.2, 0.25) is 0 Å². The van der Waals surface area contributed by atoms with Crippen LogP contribution in [-0.2, 0) is 4.79 Å². The number of benzene rings is 1. The Morgan fingerprint density at radius 2 is 1.95 bits per heavy atom. The second kappa shape index (κ2) is 5.35. The van der Waals surface area contributed by atoms with E-state index in [1.54, 1.807) is 0 Å². The average Bonchev–Trinajstić information content (AvgIpc) is 3.00. The minimum atomic E-state index is -0.946. The van der Waals surface area contributed by atoms with E-state index >= 15 is 0 Å². The van der Waals surface area contributed by atoms with Gasteiger partial charge in [-0.2, -0.15) is 0 Å². The molecule has 0 bridgehead atoms. The molecule has 1 aliphatic carbocycles. The fourth-order valence-electron chi connectivity index (χ4n) is 3.56. The molecular weight excluding hydrogens is 275 g/mol. The molecule has 0 radical (unpaired) electrons. The van der Waals surface area contributed by atoms with Crippen molar-refractivity contribution in [2.24, 2.45) is 11.8 Å². The Bertz CT molecular complexity index is 561. The van der Waals surface area contributed by atoms with Crippen molar-refractivity contribution in [2.45, 2.75) is 25.3 Å². The predicted octanol–water partition coefficient (Wildman–Crippen LogP) is 2.54. The van der Waals surface area contributed by atoms with Crippen LogP contribution in [0.5, 0.6) is 0 Å². The fourth-order valence-corrected chi connectivity index (χ4v) is 3.56. The quantitative estimate of drug-likeness (QED) is 0.880. The number of hydrogen-bond donors (Lipinski definition) is 2. The van der Waals surface area contributed by atoms with Gasteiger partial charge in [-0.3, -0.25) is 0 Å². The van der Waals surface area contributed by atoms with Gasteiger partial charge in [-0.25, -0.2) is 14.0 Å². The maximum absolute atomic E-state index is 12.8. The van der Waals surface area contributed by atoms with E-state index < -0.39 is 18.0 Å². The SMILES string of the molecule is O=C(O)C1C2CCCC2CN1C(=O)Nc1ccc(F)cc1. The van der Waals surface area contributed by atoms with Crippen LogP contribution in [0.3, 0.4) is 0 Å². The van der Waals surface area contributed by atoms with E-state index in [9.17, 15) is 19.1 Å². The lowest BCUT2D eigenvalue weighted by atomic mass is 9.94. The van der Waals surface area contributed by atoms with Gasteiger partial charge in [0.1, 0.15) is 11.9 Å². The lowest BCUT2D eigenvalue weighted by Crippen LogP contribution is -2.45. The van der Waals surface area contributed by atoms with Crippen LogP contribution < -0.4 is 5.32 Å². The number of amides is 2. The first kappa shape index (κ1) is 13.9. The van der Waals surface area contributed by atoms with E-state index in [1.165, 1.54) is 29.2 Å². The lowest BCUT2D eigenvalue weighted by molar-refractivity contribution is -0.142. The molecule has 2 fully saturated rings. The first-order valence-corrected chi connectivity index (χ1v) is 7.12. The molecule has 21 heavy (non-hydrogen) atoms. The Balaban J connectivity index is 1.74. The third kappa shape index (κ3) is 2.57. The highest BCUT2D eigenvalue weighted by atomic mass is 19.1. The third-order valence-corrected chi connectivity index (χ3v) is 4.50. The number of fused-ring (bicyclic) bond motifs is 1. The van der Waals surface area contributed by atoms with Crippen LogP contribution in [-0.4, -0.2) is 34.6 Å². The number of carboxylic acid groups (broad SMARTS) is 1. The zero-order valence-corrected chi connectivity index (χ0v) is 11.5. The van der Waals surface area contributed by atoms with Crippen LogP contribution in [0.15, 0.2) is 24.3 Å². The summed E-state index contributed by atoms with van der Waals surface area (Å²) in [6.45, 7) is 0.481. The Labute approximate surface area is 121 Å². The first-order valence-electron chi connectivity index (χ1n) is 7.12. The number of hydrogen-bond acceptors (Lipinski definition) is 2. The number of carbonyl (C=O) groups is 2. The number of carbonyl (C=O) groups excluding carboxylic acids is 1. The molecule has 1 aliphatic heterocycles. The molecule has 3 unspecified atom stereocenters. The van der Waals surface area contributed by atoms with Crippen LogP contribution in [0.2, 0.25) is 0 Å². The lowest BCUT2D eigenvalue weighted by Gasteiger charge is -2.24. The van der Waals surface area contributed by atoms with E-state index in [4.69, 9.17) is 0 Å². The van der Waals surface area contributed by atoms with E-state index in [1.807, 2.05) is 0 Å². The van der Waals surface area contributed by atoms with Gasteiger partial charge in [0.25, 0.3) is 0 Å². The number of anilines is 1. The van der Waals surface area contributed by atoms with Crippen molar-refractivity contribution in [3.8, 4) is 0 Å². The van der Waals surface area contributed by atoms with Crippen LogP contribution >= 0.6 is 0 Å². The standard InChI is InChI=1S/C15H17FN2O3/c16-10-4-6-11(7-5-10)17-15(21)18-8-9-2-1-3-12(9)13(18)14(19)20/h4-7,9,12-13H,1-3,8H2,(H,17,21)(H,19,20). The minimum absolute atomic E-state index is 0.0569. The van der Waals surface area contributed by atoms with E-state index in [0.29, 0.717) is 12.2 Å². The summed E-state index contributed by atoms with van der Waals surface area (Å²) < 4.78 is 12.8. The number of halogens is 1. The Hall–Kier alpha value is -2.11. The topological polar surface area (TPSA) is 69.6 Å². The summed E-state index contributed by atoms with van der Waals surface area (Å²) in [5.41, 5.74) is 0.461. The van der Waals surface area contributed by atoms with E-state index in [2.05, 4.69) is 5.32 Å². The van der Waals surface area contributed by atoms with Gasteiger partial charge >= 0.3 is 12.0 Å².